The molecular formula is C15H17NO3S. The first-order valence-corrected chi connectivity index (χ1v) is 8.01. The standard InChI is InChI=1S/C15H17NO3S/c1-2-19-15-10-8-14(9-11-15)16-20(17,18)12-13-6-4-3-5-7-13/h3-11,16H,2,12H2,1H3. The van der Waals surface area contributed by atoms with Gasteiger partial charge in [-0.25, -0.2) is 8.42 Å². The lowest BCUT2D eigenvalue weighted by molar-refractivity contribution is 0.340. The van der Waals surface area contributed by atoms with Gasteiger partial charge in [-0.1, -0.05) is 30.3 Å². The highest BCUT2D eigenvalue weighted by Gasteiger charge is 2.11. The van der Waals surface area contributed by atoms with Crippen LogP contribution in [0.15, 0.2) is 54.6 Å². The molecule has 0 radical (unpaired) electrons. The van der Waals surface area contributed by atoms with Crippen molar-refractivity contribution < 1.29 is 13.2 Å². The zero-order valence-corrected chi connectivity index (χ0v) is 12.1. The fourth-order valence-corrected chi connectivity index (χ4v) is 2.99. The summed E-state index contributed by atoms with van der Waals surface area (Å²) in [5.41, 5.74) is 1.29. The molecule has 0 bridgehead atoms. The Morgan fingerprint density at radius 2 is 1.65 bits per heavy atom. The second kappa shape index (κ2) is 6.43. The molecular weight excluding hydrogens is 274 g/mol. The Bertz CT molecular complexity index is 637. The van der Waals surface area contributed by atoms with Crippen LogP contribution in [0.25, 0.3) is 0 Å². The average molecular weight is 291 g/mol. The maximum absolute atomic E-state index is 12.0. The fraction of sp³-hybridized carbons (Fsp3) is 0.200. The van der Waals surface area contributed by atoms with Crippen LogP contribution in [-0.4, -0.2) is 15.0 Å². The number of hydrogen-bond donors (Lipinski definition) is 1. The molecule has 0 saturated carbocycles. The van der Waals surface area contributed by atoms with Gasteiger partial charge < -0.3 is 4.74 Å². The van der Waals surface area contributed by atoms with Gasteiger partial charge in [0.05, 0.1) is 12.4 Å². The minimum absolute atomic E-state index is 0.0406. The van der Waals surface area contributed by atoms with Crippen LogP contribution < -0.4 is 9.46 Å². The molecule has 2 aromatic rings. The van der Waals surface area contributed by atoms with Crippen LogP contribution in [0.4, 0.5) is 5.69 Å². The van der Waals surface area contributed by atoms with Crippen LogP contribution in [0.3, 0.4) is 0 Å². The summed E-state index contributed by atoms with van der Waals surface area (Å²) in [6.07, 6.45) is 0. The molecule has 0 fully saturated rings. The van der Waals surface area contributed by atoms with E-state index in [9.17, 15) is 8.42 Å². The van der Waals surface area contributed by atoms with E-state index in [1.807, 2.05) is 25.1 Å². The normalized spacial score (nSPS) is 11.1. The van der Waals surface area contributed by atoms with Crippen LogP contribution in [-0.2, 0) is 15.8 Å². The van der Waals surface area contributed by atoms with Crippen molar-refractivity contribution in [3.8, 4) is 5.75 Å². The number of nitrogens with one attached hydrogen (secondary N) is 1. The molecule has 0 heterocycles. The molecule has 0 amide bonds. The van der Waals surface area contributed by atoms with Gasteiger partial charge in [0.25, 0.3) is 0 Å². The highest BCUT2D eigenvalue weighted by Crippen LogP contribution is 2.17. The van der Waals surface area contributed by atoms with Gasteiger partial charge in [-0.2, -0.15) is 0 Å². The second-order valence-electron chi connectivity index (χ2n) is 4.30. The van der Waals surface area contributed by atoms with E-state index < -0.39 is 10.0 Å². The highest BCUT2D eigenvalue weighted by atomic mass is 32.2. The van der Waals surface area contributed by atoms with Gasteiger partial charge in [-0.05, 0) is 36.8 Å². The van der Waals surface area contributed by atoms with Gasteiger partial charge in [0.1, 0.15) is 5.75 Å². The Morgan fingerprint density at radius 3 is 2.25 bits per heavy atom. The van der Waals surface area contributed by atoms with Crippen LogP contribution in [0.1, 0.15) is 12.5 Å². The monoisotopic (exact) mass is 291 g/mol. The summed E-state index contributed by atoms with van der Waals surface area (Å²) in [6.45, 7) is 2.48. The zero-order valence-electron chi connectivity index (χ0n) is 11.2. The SMILES string of the molecule is CCOc1ccc(NS(=O)(=O)Cc2ccccc2)cc1. The topological polar surface area (TPSA) is 55.4 Å². The number of rotatable bonds is 6. The van der Waals surface area contributed by atoms with E-state index in [0.29, 0.717) is 12.3 Å². The van der Waals surface area contributed by atoms with E-state index in [1.165, 1.54) is 0 Å². The molecule has 0 unspecified atom stereocenters. The third kappa shape index (κ3) is 4.28. The predicted octanol–water partition coefficient (Wildman–Crippen LogP) is 3.03. The van der Waals surface area contributed by atoms with E-state index in [4.69, 9.17) is 4.74 Å². The van der Waals surface area contributed by atoms with Crippen molar-refractivity contribution in [2.45, 2.75) is 12.7 Å². The summed E-state index contributed by atoms with van der Waals surface area (Å²) in [5.74, 6) is 0.680. The molecule has 0 spiro atoms. The lowest BCUT2D eigenvalue weighted by Crippen LogP contribution is -2.14. The van der Waals surface area contributed by atoms with Crippen molar-refractivity contribution in [3.63, 3.8) is 0 Å². The molecule has 2 aromatic carbocycles. The third-order valence-corrected chi connectivity index (χ3v) is 3.90. The summed E-state index contributed by atoms with van der Waals surface area (Å²) >= 11 is 0. The van der Waals surface area contributed by atoms with Gasteiger partial charge >= 0.3 is 0 Å². The van der Waals surface area contributed by atoms with Crippen LogP contribution in [0.5, 0.6) is 5.75 Å². The molecule has 1 N–H and O–H groups in total. The van der Waals surface area contributed by atoms with Gasteiger partial charge in [0.15, 0.2) is 0 Å². The number of ether oxygens (including phenoxy) is 1. The highest BCUT2D eigenvalue weighted by molar-refractivity contribution is 7.91. The van der Waals surface area contributed by atoms with Crippen LogP contribution >= 0.6 is 0 Å². The van der Waals surface area contributed by atoms with Crippen LogP contribution in [0.2, 0.25) is 0 Å². The van der Waals surface area contributed by atoms with Gasteiger partial charge in [-0.3, -0.25) is 4.72 Å². The first-order chi connectivity index (χ1) is 9.59. The van der Waals surface area contributed by atoms with E-state index in [1.54, 1.807) is 36.4 Å². The molecule has 0 aliphatic heterocycles. The molecule has 106 valence electrons. The Hall–Kier alpha value is -2.01. The summed E-state index contributed by atoms with van der Waals surface area (Å²) in [6, 6.07) is 15.9. The molecule has 5 heteroatoms. The van der Waals surface area contributed by atoms with E-state index in [0.717, 1.165) is 11.3 Å². The lowest BCUT2D eigenvalue weighted by Gasteiger charge is -2.09. The molecule has 20 heavy (non-hydrogen) atoms. The van der Waals surface area contributed by atoms with Gasteiger partial charge in [0, 0.05) is 5.69 Å². The summed E-state index contributed by atoms with van der Waals surface area (Å²) in [4.78, 5) is 0. The third-order valence-electron chi connectivity index (χ3n) is 2.64. The molecule has 4 nitrogen and oxygen atoms in total. The molecule has 0 saturated heterocycles. The van der Waals surface area contributed by atoms with Crippen molar-refractivity contribution in [1.82, 2.24) is 0 Å². The quantitative estimate of drug-likeness (QED) is 0.890. The first-order valence-electron chi connectivity index (χ1n) is 6.36. The minimum atomic E-state index is -3.40. The summed E-state index contributed by atoms with van der Waals surface area (Å²) in [5, 5.41) is 0. The Labute approximate surface area is 119 Å². The number of anilines is 1. The van der Waals surface area contributed by atoms with Crippen LogP contribution in [0, 0.1) is 0 Å². The summed E-state index contributed by atoms with van der Waals surface area (Å²) in [7, 11) is -3.40. The Morgan fingerprint density at radius 1 is 1.00 bits per heavy atom. The minimum Gasteiger partial charge on any atom is -0.494 e. The molecule has 2 rings (SSSR count). The zero-order chi connectivity index (χ0) is 14.4. The number of sulfonamides is 1. The van der Waals surface area contributed by atoms with E-state index in [2.05, 4.69) is 4.72 Å². The van der Waals surface area contributed by atoms with E-state index in [-0.39, 0.29) is 5.75 Å². The van der Waals surface area contributed by atoms with Crippen molar-refractivity contribution in [2.24, 2.45) is 0 Å². The summed E-state index contributed by atoms with van der Waals surface area (Å²) < 4.78 is 31.9. The van der Waals surface area contributed by atoms with Crippen molar-refractivity contribution in [3.05, 3.63) is 60.2 Å². The smallest absolute Gasteiger partial charge is 0.236 e. The Kier molecular flexibility index (Phi) is 4.63. The molecule has 0 aliphatic carbocycles. The lowest BCUT2D eigenvalue weighted by atomic mass is 10.2. The molecule has 0 atom stereocenters. The van der Waals surface area contributed by atoms with Crippen molar-refractivity contribution >= 4 is 15.7 Å². The number of hydrogen-bond acceptors (Lipinski definition) is 3. The van der Waals surface area contributed by atoms with Gasteiger partial charge in [-0.15, -0.1) is 0 Å². The van der Waals surface area contributed by atoms with E-state index >= 15 is 0 Å². The average Bonchev–Trinajstić information content (AvgIpc) is 2.41. The fourth-order valence-electron chi connectivity index (χ4n) is 1.80. The Balaban J connectivity index is 2.04. The maximum Gasteiger partial charge on any atom is 0.236 e. The second-order valence-corrected chi connectivity index (χ2v) is 6.03. The van der Waals surface area contributed by atoms with Crippen molar-refractivity contribution in [1.29, 1.82) is 0 Å². The maximum atomic E-state index is 12.0. The molecule has 0 aliphatic rings. The predicted molar refractivity (Wildman–Crippen MR) is 80.3 cm³/mol. The first kappa shape index (κ1) is 14.4. The largest absolute Gasteiger partial charge is 0.494 e. The number of benzene rings is 2. The molecule has 0 aromatic heterocycles. The van der Waals surface area contributed by atoms with Crippen molar-refractivity contribution in [2.75, 3.05) is 11.3 Å². The van der Waals surface area contributed by atoms with Gasteiger partial charge in [0.2, 0.25) is 10.0 Å².